The number of nitrogens with one attached hydrogen (secondary N) is 1. The molecular weight excluding hydrogens is 333 g/mol. The van der Waals surface area contributed by atoms with Crippen molar-refractivity contribution in [3.63, 3.8) is 0 Å². The van der Waals surface area contributed by atoms with Crippen molar-refractivity contribution in [2.24, 2.45) is 12.1 Å². The van der Waals surface area contributed by atoms with Crippen molar-refractivity contribution in [3.8, 4) is 0 Å². The van der Waals surface area contributed by atoms with Gasteiger partial charge in [0.05, 0.1) is 28.8 Å². The maximum Gasteiger partial charge on any atom is 0.408 e. The molecule has 2 heterocycles. The third-order valence-electron chi connectivity index (χ3n) is 2.76. The first-order valence-corrected chi connectivity index (χ1v) is 6.55. The summed E-state index contributed by atoms with van der Waals surface area (Å²) in [6.07, 6.45) is 2.27. The maximum absolute atomic E-state index is 13.6. The van der Waals surface area contributed by atoms with E-state index in [4.69, 9.17) is 11.6 Å². The van der Waals surface area contributed by atoms with E-state index in [0.717, 1.165) is 21.8 Å². The summed E-state index contributed by atoms with van der Waals surface area (Å²) in [4.78, 5) is 21.5. The highest BCUT2D eigenvalue weighted by atomic mass is 35.5. The van der Waals surface area contributed by atoms with Crippen molar-refractivity contribution >= 4 is 29.5 Å². The van der Waals surface area contributed by atoms with Crippen molar-refractivity contribution in [3.05, 3.63) is 38.5 Å². The zero-order valence-electron chi connectivity index (χ0n) is 12.0. The Bertz CT molecular complexity index is 798. The predicted molar refractivity (Wildman–Crippen MR) is 77.5 cm³/mol. The van der Waals surface area contributed by atoms with E-state index in [1.807, 2.05) is 0 Å². The molecule has 0 saturated carbocycles. The lowest BCUT2D eigenvalue weighted by Gasteiger charge is -1.97. The van der Waals surface area contributed by atoms with Gasteiger partial charge in [0.25, 0.3) is 5.91 Å². The predicted octanol–water partition coefficient (Wildman–Crippen LogP) is 0.776. The van der Waals surface area contributed by atoms with E-state index in [0.29, 0.717) is 5.69 Å². The van der Waals surface area contributed by atoms with Crippen LogP contribution < -0.4 is 5.43 Å². The molecule has 23 heavy (non-hydrogen) atoms. The van der Waals surface area contributed by atoms with E-state index in [2.05, 4.69) is 20.7 Å². The van der Waals surface area contributed by atoms with Crippen LogP contribution in [-0.4, -0.2) is 36.6 Å². The number of nitrogens with zero attached hydrogens (tertiary/aromatic N) is 6. The summed E-state index contributed by atoms with van der Waals surface area (Å²) in [5.41, 5.74) is 2.71. The highest BCUT2D eigenvalue weighted by Crippen LogP contribution is 2.20. The van der Waals surface area contributed by atoms with Crippen LogP contribution in [0.15, 0.2) is 11.3 Å². The average molecular weight is 344 g/mol. The Hall–Kier alpha value is -2.82. The third kappa shape index (κ3) is 3.69. The zero-order chi connectivity index (χ0) is 17.1. The van der Waals surface area contributed by atoms with E-state index < -0.39 is 22.6 Å². The second kappa shape index (κ2) is 6.52. The van der Waals surface area contributed by atoms with Gasteiger partial charge in [-0.3, -0.25) is 4.79 Å². The Labute approximate surface area is 133 Å². The van der Waals surface area contributed by atoms with Gasteiger partial charge in [0, 0.05) is 7.05 Å². The first-order chi connectivity index (χ1) is 10.8. The first kappa shape index (κ1) is 16.5. The number of carbonyl (C=O) groups is 1. The number of amides is 1. The Morgan fingerprint density at radius 3 is 2.83 bits per heavy atom. The van der Waals surface area contributed by atoms with Gasteiger partial charge in [-0.05, 0) is 11.8 Å². The van der Waals surface area contributed by atoms with Crippen LogP contribution in [0.1, 0.15) is 11.3 Å². The topological polar surface area (TPSA) is 120 Å². The number of rotatable bonds is 5. The third-order valence-corrected chi connectivity index (χ3v) is 3.02. The number of hydrogen-bond donors (Lipinski definition) is 1. The number of aryl methyl sites for hydroxylation is 2. The minimum Gasteiger partial charge on any atom is -0.358 e. The van der Waals surface area contributed by atoms with E-state index in [-0.39, 0.29) is 17.1 Å². The molecule has 0 atom stereocenters. The highest BCUT2D eigenvalue weighted by molar-refractivity contribution is 6.32. The fourth-order valence-corrected chi connectivity index (χ4v) is 1.96. The van der Waals surface area contributed by atoms with Crippen LogP contribution in [0.5, 0.6) is 0 Å². The largest absolute Gasteiger partial charge is 0.408 e. The Kier molecular flexibility index (Phi) is 4.69. The smallest absolute Gasteiger partial charge is 0.358 e. The number of hydrogen-bond acceptors (Lipinski definition) is 6. The van der Waals surface area contributed by atoms with E-state index >= 15 is 0 Å². The molecule has 1 N–H and O–H groups in total. The lowest BCUT2D eigenvalue weighted by Crippen LogP contribution is -2.23. The molecule has 0 bridgehead atoms. The molecule has 2 rings (SSSR count). The Morgan fingerprint density at radius 1 is 1.61 bits per heavy atom. The number of hydrazone groups is 1. The first-order valence-electron chi connectivity index (χ1n) is 6.18. The molecular formula is C11H11ClFN7O3. The number of halogens is 2. The lowest BCUT2D eigenvalue weighted by molar-refractivity contribution is -0.389. The van der Waals surface area contributed by atoms with Crippen LogP contribution >= 0.6 is 11.6 Å². The summed E-state index contributed by atoms with van der Waals surface area (Å²) in [5, 5.41) is 21.4. The summed E-state index contributed by atoms with van der Waals surface area (Å²) in [5.74, 6) is -1.75. The minimum atomic E-state index is -0.761. The number of aromatic nitrogens is 4. The SMILES string of the molecule is Cc1nn(C)c(F)c1/C=N\NC(=O)Cn1cc(Cl)c([N+](=O)[O-])n1. The van der Waals surface area contributed by atoms with Crippen LogP contribution in [0, 0.1) is 23.0 Å². The van der Waals surface area contributed by atoms with E-state index in [9.17, 15) is 19.3 Å². The molecule has 2 aromatic rings. The number of nitro groups is 1. The van der Waals surface area contributed by atoms with Gasteiger partial charge in [-0.25, -0.2) is 10.1 Å². The highest BCUT2D eigenvalue weighted by Gasteiger charge is 2.20. The van der Waals surface area contributed by atoms with Gasteiger partial charge in [-0.1, -0.05) is 11.6 Å². The van der Waals surface area contributed by atoms with Crippen LogP contribution in [0.3, 0.4) is 0 Å². The van der Waals surface area contributed by atoms with Gasteiger partial charge in [-0.15, -0.1) is 0 Å². The fraction of sp³-hybridized carbons (Fsp3) is 0.273. The van der Waals surface area contributed by atoms with Crippen molar-refractivity contribution in [1.82, 2.24) is 25.0 Å². The second-order valence-corrected chi connectivity index (χ2v) is 4.87. The van der Waals surface area contributed by atoms with Gasteiger partial charge in [-0.2, -0.15) is 19.3 Å². The zero-order valence-corrected chi connectivity index (χ0v) is 12.8. The summed E-state index contributed by atoms with van der Waals surface area (Å²) in [6, 6.07) is 0. The molecule has 0 saturated heterocycles. The normalized spacial score (nSPS) is 11.1. The summed E-state index contributed by atoms with van der Waals surface area (Å²) in [7, 11) is 1.44. The average Bonchev–Trinajstić information content (AvgIpc) is 2.93. The molecule has 1 amide bonds. The molecule has 122 valence electrons. The minimum absolute atomic E-state index is 0.144. The van der Waals surface area contributed by atoms with Gasteiger partial charge in [0.2, 0.25) is 5.95 Å². The standard InChI is InChI=1S/C11H11ClFN7O3/c1-6-7(10(13)18(2)16-6)3-14-15-9(21)5-19-4-8(12)11(17-19)20(22)23/h3-4H,5H2,1-2H3,(H,15,21)/b14-3-. The molecule has 0 aliphatic heterocycles. The van der Waals surface area contributed by atoms with Crippen molar-refractivity contribution in [1.29, 1.82) is 0 Å². The fourth-order valence-electron chi connectivity index (χ4n) is 1.74. The summed E-state index contributed by atoms with van der Waals surface area (Å²) in [6.45, 7) is 1.26. The van der Waals surface area contributed by atoms with E-state index in [1.165, 1.54) is 7.05 Å². The summed E-state index contributed by atoms with van der Waals surface area (Å²) >= 11 is 5.61. The second-order valence-electron chi connectivity index (χ2n) is 4.46. The van der Waals surface area contributed by atoms with Gasteiger partial charge in [0.15, 0.2) is 5.02 Å². The molecule has 0 radical (unpaired) electrons. The number of carbonyl (C=O) groups excluding carboxylic acids is 1. The van der Waals surface area contributed by atoms with Gasteiger partial charge in [0.1, 0.15) is 6.54 Å². The quantitative estimate of drug-likeness (QED) is 0.488. The molecule has 10 nitrogen and oxygen atoms in total. The van der Waals surface area contributed by atoms with Crippen LogP contribution in [0.25, 0.3) is 0 Å². The molecule has 0 aromatic carbocycles. The molecule has 0 spiro atoms. The maximum atomic E-state index is 13.6. The molecule has 0 aliphatic carbocycles. The Balaban J connectivity index is 1.99. The molecule has 0 unspecified atom stereocenters. The van der Waals surface area contributed by atoms with Crippen LogP contribution in [-0.2, 0) is 18.4 Å². The van der Waals surface area contributed by atoms with Crippen LogP contribution in [0.4, 0.5) is 10.2 Å². The van der Waals surface area contributed by atoms with Crippen molar-refractivity contribution < 1.29 is 14.1 Å². The molecule has 0 aliphatic rings. The van der Waals surface area contributed by atoms with Gasteiger partial charge >= 0.3 is 5.82 Å². The van der Waals surface area contributed by atoms with Gasteiger partial charge < -0.3 is 10.1 Å². The monoisotopic (exact) mass is 343 g/mol. The van der Waals surface area contributed by atoms with E-state index in [1.54, 1.807) is 6.92 Å². The van der Waals surface area contributed by atoms with Crippen LogP contribution in [0.2, 0.25) is 5.02 Å². The lowest BCUT2D eigenvalue weighted by atomic mass is 10.3. The summed E-state index contributed by atoms with van der Waals surface area (Å²) < 4.78 is 15.7. The van der Waals surface area contributed by atoms with Crippen molar-refractivity contribution in [2.75, 3.05) is 0 Å². The Morgan fingerprint density at radius 2 is 2.30 bits per heavy atom. The molecule has 12 heteroatoms. The van der Waals surface area contributed by atoms with Crippen molar-refractivity contribution in [2.45, 2.75) is 13.5 Å². The molecule has 0 fully saturated rings. The molecule has 2 aromatic heterocycles.